The maximum absolute atomic E-state index is 12.4. The van der Waals surface area contributed by atoms with Crippen molar-refractivity contribution in [2.24, 2.45) is 0 Å². The molecule has 29 heavy (non-hydrogen) atoms. The van der Waals surface area contributed by atoms with E-state index in [-0.39, 0.29) is 12.6 Å². The molecule has 0 aliphatic carbocycles. The minimum Gasteiger partial charge on any atom is -0.490 e. The van der Waals surface area contributed by atoms with Crippen LogP contribution in [0, 0.1) is 13.8 Å². The third-order valence-corrected chi connectivity index (χ3v) is 4.38. The van der Waals surface area contributed by atoms with Crippen molar-refractivity contribution in [3.63, 3.8) is 0 Å². The van der Waals surface area contributed by atoms with Gasteiger partial charge in [0.15, 0.2) is 18.1 Å². The number of nitrogens with zero attached hydrogens (tertiary/aromatic N) is 1. The lowest BCUT2D eigenvalue weighted by molar-refractivity contribution is -0.119. The van der Waals surface area contributed by atoms with Crippen LogP contribution < -0.4 is 14.8 Å². The molecule has 0 bridgehead atoms. The molecule has 0 spiro atoms. The first kappa shape index (κ1) is 22.3. The van der Waals surface area contributed by atoms with E-state index in [1.807, 2.05) is 27.7 Å². The van der Waals surface area contributed by atoms with Crippen LogP contribution in [0.15, 0.2) is 24.3 Å². The van der Waals surface area contributed by atoms with Crippen molar-refractivity contribution in [3.05, 3.63) is 41.2 Å². The monoisotopic (exact) mass is 402 g/mol. The van der Waals surface area contributed by atoms with E-state index in [2.05, 4.69) is 23.7 Å². The molecule has 1 aromatic carbocycles. The molecule has 1 aromatic heterocycles. The van der Waals surface area contributed by atoms with E-state index < -0.39 is 11.9 Å². The second kappa shape index (κ2) is 10.0. The molecule has 1 heterocycles. The topological polar surface area (TPSA) is 78.8 Å². The number of esters is 1. The van der Waals surface area contributed by atoms with Crippen molar-refractivity contribution in [1.82, 2.24) is 4.57 Å². The van der Waals surface area contributed by atoms with E-state index in [9.17, 15) is 9.59 Å². The van der Waals surface area contributed by atoms with E-state index in [1.54, 1.807) is 24.3 Å². The van der Waals surface area contributed by atoms with Gasteiger partial charge in [-0.25, -0.2) is 4.79 Å². The van der Waals surface area contributed by atoms with Crippen LogP contribution in [0.25, 0.3) is 0 Å². The lowest BCUT2D eigenvalue weighted by Gasteiger charge is -2.14. The zero-order chi connectivity index (χ0) is 21.6. The Balaban J connectivity index is 2.00. The summed E-state index contributed by atoms with van der Waals surface area (Å²) in [6.07, 6.45) is 0. The summed E-state index contributed by atoms with van der Waals surface area (Å²) in [7, 11) is 0. The van der Waals surface area contributed by atoms with Gasteiger partial charge in [-0.2, -0.15) is 0 Å². The highest BCUT2D eigenvalue weighted by Gasteiger charge is 2.19. The number of rotatable bonds is 9. The summed E-state index contributed by atoms with van der Waals surface area (Å²) in [4.78, 5) is 24.6. The van der Waals surface area contributed by atoms with Crippen molar-refractivity contribution in [1.29, 1.82) is 0 Å². The van der Waals surface area contributed by atoms with Gasteiger partial charge in [0.1, 0.15) is 0 Å². The summed E-state index contributed by atoms with van der Waals surface area (Å²) in [6, 6.07) is 7.15. The highest BCUT2D eigenvalue weighted by atomic mass is 16.5. The van der Waals surface area contributed by atoms with Crippen LogP contribution in [0.1, 0.15) is 55.5 Å². The SMILES string of the molecule is CCOc1ccc(NC(=O)COC(=O)c2cc(C)n(C(C)C)c2C)cc1OCC. The van der Waals surface area contributed by atoms with Crippen LogP contribution in [0.3, 0.4) is 0 Å². The van der Waals surface area contributed by atoms with Crippen molar-refractivity contribution in [3.8, 4) is 11.5 Å². The van der Waals surface area contributed by atoms with Crippen LogP contribution >= 0.6 is 0 Å². The van der Waals surface area contributed by atoms with Gasteiger partial charge in [-0.15, -0.1) is 0 Å². The summed E-state index contributed by atoms with van der Waals surface area (Å²) in [6.45, 7) is 12.3. The number of aromatic nitrogens is 1. The molecular formula is C22H30N2O5. The second-order valence-electron chi connectivity index (χ2n) is 6.90. The molecule has 7 heteroatoms. The summed E-state index contributed by atoms with van der Waals surface area (Å²) in [5.74, 6) is 0.217. The van der Waals surface area contributed by atoms with Crippen molar-refractivity contribution >= 4 is 17.6 Å². The Bertz CT molecular complexity index is 870. The van der Waals surface area contributed by atoms with Gasteiger partial charge in [-0.1, -0.05) is 0 Å². The summed E-state index contributed by atoms with van der Waals surface area (Å²) in [5, 5.41) is 2.71. The number of carbonyl (C=O) groups excluding carboxylic acids is 2. The molecule has 1 amide bonds. The smallest absolute Gasteiger partial charge is 0.340 e. The van der Waals surface area contributed by atoms with Crippen LogP contribution in [0.4, 0.5) is 5.69 Å². The average molecular weight is 402 g/mol. The van der Waals surface area contributed by atoms with Crippen molar-refractivity contribution in [2.75, 3.05) is 25.1 Å². The number of nitrogens with one attached hydrogen (secondary N) is 1. The third kappa shape index (κ3) is 5.53. The molecule has 158 valence electrons. The Morgan fingerprint density at radius 1 is 1.03 bits per heavy atom. The fourth-order valence-electron chi connectivity index (χ4n) is 3.31. The van der Waals surface area contributed by atoms with Gasteiger partial charge in [0.25, 0.3) is 5.91 Å². The highest BCUT2D eigenvalue weighted by molar-refractivity contribution is 5.96. The molecule has 7 nitrogen and oxygen atoms in total. The number of carbonyl (C=O) groups is 2. The van der Waals surface area contributed by atoms with E-state index in [1.165, 1.54) is 0 Å². The molecule has 2 aromatic rings. The largest absolute Gasteiger partial charge is 0.490 e. The maximum atomic E-state index is 12.4. The Morgan fingerprint density at radius 3 is 2.28 bits per heavy atom. The lowest BCUT2D eigenvalue weighted by atomic mass is 10.2. The number of amides is 1. The normalized spacial score (nSPS) is 10.7. The first-order valence-corrected chi connectivity index (χ1v) is 9.83. The maximum Gasteiger partial charge on any atom is 0.340 e. The molecular weight excluding hydrogens is 372 g/mol. The molecule has 0 radical (unpaired) electrons. The Kier molecular flexibility index (Phi) is 7.70. The predicted molar refractivity (Wildman–Crippen MR) is 112 cm³/mol. The molecule has 0 fully saturated rings. The zero-order valence-electron chi connectivity index (χ0n) is 18.0. The van der Waals surface area contributed by atoms with Crippen molar-refractivity contribution < 1.29 is 23.8 Å². The second-order valence-corrected chi connectivity index (χ2v) is 6.90. The average Bonchev–Trinajstić information content (AvgIpc) is 2.96. The quantitative estimate of drug-likeness (QED) is 0.634. The number of hydrogen-bond acceptors (Lipinski definition) is 5. The lowest BCUT2D eigenvalue weighted by Crippen LogP contribution is -2.21. The molecule has 0 aliphatic rings. The number of anilines is 1. The number of benzene rings is 1. The van der Waals surface area contributed by atoms with Crippen LogP contribution in [-0.2, 0) is 9.53 Å². The van der Waals surface area contributed by atoms with Gasteiger partial charge in [0.05, 0.1) is 18.8 Å². The Hall–Kier alpha value is -2.96. The van der Waals surface area contributed by atoms with Gasteiger partial charge < -0.3 is 24.1 Å². The molecule has 0 saturated heterocycles. The minimum atomic E-state index is -0.512. The van der Waals surface area contributed by atoms with E-state index in [0.29, 0.717) is 36.0 Å². The summed E-state index contributed by atoms with van der Waals surface area (Å²) >= 11 is 0. The predicted octanol–water partition coefficient (Wildman–Crippen LogP) is 4.28. The number of hydrogen-bond donors (Lipinski definition) is 1. The summed E-state index contributed by atoms with van der Waals surface area (Å²) < 4.78 is 18.3. The minimum absolute atomic E-state index is 0.235. The van der Waals surface area contributed by atoms with Crippen LogP contribution in [0.5, 0.6) is 11.5 Å². The van der Waals surface area contributed by atoms with Gasteiger partial charge in [-0.3, -0.25) is 4.79 Å². The van der Waals surface area contributed by atoms with E-state index >= 15 is 0 Å². The molecule has 0 unspecified atom stereocenters. The number of ether oxygens (including phenoxy) is 3. The molecule has 2 rings (SSSR count). The Morgan fingerprint density at radius 2 is 1.69 bits per heavy atom. The zero-order valence-corrected chi connectivity index (χ0v) is 18.0. The van der Waals surface area contributed by atoms with Gasteiger partial charge in [0, 0.05) is 29.2 Å². The van der Waals surface area contributed by atoms with Gasteiger partial charge in [-0.05, 0) is 59.7 Å². The fraction of sp³-hybridized carbons (Fsp3) is 0.455. The van der Waals surface area contributed by atoms with E-state index in [4.69, 9.17) is 14.2 Å². The molecule has 0 saturated carbocycles. The van der Waals surface area contributed by atoms with Crippen LogP contribution in [0.2, 0.25) is 0 Å². The molecule has 0 atom stereocenters. The fourth-order valence-corrected chi connectivity index (χ4v) is 3.31. The first-order valence-electron chi connectivity index (χ1n) is 9.83. The number of aryl methyl sites for hydroxylation is 1. The van der Waals surface area contributed by atoms with Gasteiger partial charge in [0.2, 0.25) is 0 Å². The highest BCUT2D eigenvalue weighted by Crippen LogP contribution is 2.30. The van der Waals surface area contributed by atoms with Gasteiger partial charge >= 0.3 is 5.97 Å². The molecule has 0 aliphatic heterocycles. The Labute approximate surface area is 172 Å². The van der Waals surface area contributed by atoms with Crippen molar-refractivity contribution in [2.45, 2.75) is 47.6 Å². The van der Waals surface area contributed by atoms with E-state index in [0.717, 1.165) is 11.4 Å². The summed E-state index contributed by atoms with van der Waals surface area (Å²) in [5.41, 5.74) is 2.82. The third-order valence-electron chi connectivity index (χ3n) is 4.38. The molecule has 1 N–H and O–H groups in total. The standard InChI is InChI=1S/C22H30N2O5/c1-7-27-19-10-9-17(12-20(19)28-8-2)23-21(25)13-29-22(26)18-11-15(5)24(14(3)4)16(18)6/h9-12,14H,7-8,13H2,1-6H3,(H,23,25). The van der Waals surface area contributed by atoms with Crippen LogP contribution in [-0.4, -0.2) is 36.3 Å². The first-order chi connectivity index (χ1) is 13.8.